The molecule has 19 heavy (non-hydrogen) atoms. The molecule has 0 aromatic heterocycles. The van der Waals surface area contributed by atoms with Crippen LogP contribution in [0.5, 0.6) is 0 Å². The quantitative estimate of drug-likeness (QED) is 0.751. The third kappa shape index (κ3) is 3.48. The molecule has 0 aliphatic heterocycles. The standard InChI is InChI=1S/C15H30N2O2/c1-6-12(7-2)17(4)13-9-8-10-15(11-13,16-3)14(18)19-5/h12-13,16H,6-11H2,1-5H3. The summed E-state index contributed by atoms with van der Waals surface area (Å²) in [6.07, 6.45) is 6.30. The highest BCUT2D eigenvalue weighted by Gasteiger charge is 2.44. The predicted octanol–water partition coefficient (Wildman–Crippen LogP) is 2.18. The van der Waals surface area contributed by atoms with E-state index in [-0.39, 0.29) is 5.97 Å². The summed E-state index contributed by atoms with van der Waals surface area (Å²) in [4.78, 5) is 14.6. The summed E-state index contributed by atoms with van der Waals surface area (Å²) in [6.45, 7) is 4.47. The van der Waals surface area contributed by atoms with Crippen molar-refractivity contribution in [3.8, 4) is 0 Å². The van der Waals surface area contributed by atoms with Gasteiger partial charge in [-0.1, -0.05) is 13.8 Å². The van der Waals surface area contributed by atoms with Gasteiger partial charge in [-0.15, -0.1) is 0 Å². The van der Waals surface area contributed by atoms with Crippen molar-refractivity contribution in [2.45, 2.75) is 70.0 Å². The molecule has 0 amide bonds. The van der Waals surface area contributed by atoms with Gasteiger partial charge in [-0.2, -0.15) is 0 Å². The van der Waals surface area contributed by atoms with E-state index >= 15 is 0 Å². The van der Waals surface area contributed by atoms with Crippen LogP contribution in [0.15, 0.2) is 0 Å². The number of esters is 1. The van der Waals surface area contributed by atoms with Gasteiger partial charge in [0.05, 0.1) is 7.11 Å². The molecule has 0 aromatic rings. The SMILES string of the molecule is CCC(CC)N(C)C1CCCC(NC)(C(=O)OC)C1. The van der Waals surface area contributed by atoms with Gasteiger partial charge in [0.25, 0.3) is 0 Å². The van der Waals surface area contributed by atoms with Crippen LogP contribution in [0.1, 0.15) is 52.4 Å². The number of nitrogens with zero attached hydrogens (tertiary/aromatic N) is 1. The Bertz CT molecular complexity index is 292. The molecule has 0 radical (unpaired) electrons. The lowest BCUT2D eigenvalue weighted by Gasteiger charge is -2.44. The fraction of sp³-hybridized carbons (Fsp3) is 0.933. The number of likely N-dealkylation sites (N-methyl/N-ethyl adjacent to an activating group) is 1. The number of hydrogen-bond donors (Lipinski definition) is 1. The Morgan fingerprint density at radius 1 is 1.47 bits per heavy atom. The number of ether oxygens (including phenoxy) is 1. The summed E-state index contributed by atoms with van der Waals surface area (Å²) >= 11 is 0. The van der Waals surface area contributed by atoms with Crippen LogP contribution in [0.3, 0.4) is 0 Å². The van der Waals surface area contributed by atoms with Crippen molar-refractivity contribution < 1.29 is 9.53 Å². The second-order valence-electron chi connectivity index (χ2n) is 5.71. The predicted molar refractivity (Wildman–Crippen MR) is 78.2 cm³/mol. The molecular weight excluding hydrogens is 240 g/mol. The molecule has 0 saturated heterocycles. The Balaban J connectivity index is 2.80. The third-order valence-corrected chi connectivity index (χ3v) is 4.87. The first-order valence-corrected chi connectivity index (χ1v) is 7.53. The maximum absolute atomic E-state index is 12.1. The van der Waals surface area contributed by atoms with E-state index in [4.69, 9.17) is 4.74 Å². The van der Waals surface area contributed by atoms with Crippen molar-refractivity contribution in [1.29, 1.82) is 0 Å². The van der Waals surface area contributed by atoms with Gasteiger partial charge >= 0.3 is 5.97 Å². The van der Waals surface area contributed by atoms with Crippen LogP contribution < -0.4 is 5.32 Å². The van der Waals surface area contributed by atoms with Crippen LogP contribution in [-0.2, 0) is 9.53 Å². The minimum atomic E-state index is -0.488. The Kier molecular flexibility index (Phi) is 6.27. The van der Waals surface area contributed by atoms with Gasteiger partial charge in [0, 0.05) is 12.1 Å². The molecule has 112 valence electrons. The topological polar surface area (TPSA) is 41.6 Å². The second kappa shape index (κ2) is 7.25. The fourth-order valence-electron chi connectivity index (χ4n) is 3.47. The smallest absolute Gasteiger partial charge is 0.326 e. The summed E-state index contributed by atoms with van der Waals surface area (Å²) < 4.78 is 5.01. The summed E-state index contributed by atoms with van der Waals surface area (Å²) in [7, 11) is 5.55. The fourth-order valence-corrected chi connectivity index (χ4v) is 3.47. The molecule has 1 rings (SSSR count). The average Bonchev–Trinajstić information content (AvgIpc) is 2.47. The first kappa shape index (κ1) is 16.4. The lowest BCUT2D eigenvalue weighted by Crippen LogP contribution is -2.58. The van der Waals surface area contributed by atoms with Gasteiger partial charge in [0.2, 0.25) is 0 Å². The largest absolute Gasteiger partial charge is 0.468 e. The first-order valence-electron chi connectivity index (χ1n) is 7.53. The van der Waals surface area contributed by atoms with Crippen LogP contribution in [-0.4, -0.2) is 49.7 Å². The Hall–Kier alpha value is -0.610. The van der Waals surface area contributed by atoms with Gasteiger partial charge in [0.1, 0.15) is 5.54 Å². The van der Waals surface area contributed by atoms with Crippen LogP contribution in [0, 0.1) is 0 Å². The molecule has 1 fully saturated rings. The van der Waals surface area contributed by atoms with Crippen molar-refractivity contribution in [2.75, 3.05) is 21.2 Å². The molecule has 1 aliphatic carbocycles. The normalized spacial score (nSPS) is 27.8. The zero-order chi connectivity index (χ0) is 14.5. The molecule has 0 bridgehead atoms. The number of hydrogen-bond acceptors (Lipinski definition) is 4. The lowest BCUT2D eigenvalue weighted by molar-refractivity contribution is -0.151. The van der Waals surface area contributed by atoms with E-state index in [2.05, 4.69) is 31.1 Å². The molecule has 0 aromatic carbocycles. The van der Waals surface area contributed by atoms with Gasteiger partial charge in [-0.25, -0.2) is 0 Å². The minimum Gasteiger partial charge on any atom is -0.468 e. The van der Waals surface area contributed by atoms with Gasteiger partial charge in [-0.3, -0.25) is 4.79 Å². The lowest BCUT2D eigenvalue weighted by atomic mass is 9.78. The number of nitrogens with one attached hydrogen (secondary N) is 1. The molecule has 1 saturated carbocycles. The van der Waals surface area contributed by atoms with Crippen molar-refractivity contribution in [2.24, 2.45) is 0 Å². The van der Waals surface area contributed by atoms with Crippen LogP contribution in [0.2, 0.25) is 0 Å². The van der Waals surface area contributed by atoms with Crippen LogP contribution >= 0.6 is 0 Å². The number of carbonyl (C=O) groups excluding carboxylic acids is 1. The van der Waals surface area contributed by atoms with Crippen molar-refractivity contribution >= 4 is 5.97 Å². The molecular formula is C15H30N2O2. The van der Waals surface area contributed by atoms with Gasteiger partial charge in [-0.05, 0) is 52.6 Å². The molecule has 1 N–H and O–H groups in total. The monoisotopic (exact) mass is 270 g/mol. The summed E-state index contributed by atoms with van der Waals surface area (Å²) in [6, 6.07) is 1.07. The van der Waals surface area contributed by atoms with E-state index in [1.165, 1.54) is 13.5 Å². The van der Waals surface area contributed by atoms with E-state index in [1.54, 1.807) is 0 Å². The highest BCUT2D eigenvalue weighted by Crippen LogP contribution is 2.33. The first-order chi connectivity index (χ1) is 9.04. The van der Waals surface area contributed by atoms with Crippen molar-refractivity contribution in [3.05, 3.63) is 0 Å². The summed E-state index contributed by atoms with van der Waals surface area (Å²) in [5.41, 5.74) is -0.488. The number of methoxy groups -OCH3 is 1. The van der Waals surface area contributed by atoms with Crippen LogP contribution in [0.25, 0.3) is 0 Å². The maximum atomic E-state index is 12.1. The molecule has 2 atom stereocenters. The second-order valence-corrected chi connectivity index (χ2v) is 5.71. The zero-order valence-electron chi connectivity index (χ0n) is 13.2. The maximum Gasteiger partial charge on any atom is 0.326 e. The van der Waals surface area contributed by atoms with Crippen LogP contribution in [0.4, 0.5) is 0 Å². The highest BCUT2D eigenvalue weighted by molar-refractivity contribution is 5.81. The minimum absolute atomic E-state index is 0.113. The summed E-state index contributed by atoms with van der Waals surface area (Å²) in [5, 5.41) is 3.23. The number of rotatable bonds is 6. The molecule has 4 nitrogen and oxygen atoms in total. The van der Waals surface area contributed by atoms with E-state index in [9.17, 15) is 4.79 Å². The highest BCUT2D eigenvalue weighted by atomic mass is 16.5. The van der Waals surface area contributed by atoms with E-state index < -0.39 is 5.54 Å². The van der Waals surface area contributed by atoms with Crippen molar-refractivity contribution in [1.82, 2.24) is 10.2 Å². The van der Waals surface area contributed by atoms with Gasteiger partial charge < -0.3 is 15.0 Å². The zero-order valence-corrected chi connectivity index (χ0v) is 13.2. The van der Waals surface area contributed by atoms with E-state index in [0.717, 1.165) is 32.1 Å². The van der Waals surface area contributed by atoms with E-state index in [0.29, 0.717) is 12.1 Å². The number of carbonyl (C=O) groups is 1. The Morgan fingerprint density at radius 2 is 2.11 bits per heavy atom. The Morgan fingerprint density at radius 3 is 2.58 bits per heavy atom. The summed E-state index contributed by atoms with van der Waals surface area (Å²) in [5.74, 6) is -0.113. The third-order valence-electron chi connectivity index (χ3n) is 4.87. The molecule has 0 heterocycles. The average molecular weight is 270 g/mol. The molecule has 2 unspecified atom stereocenters. The van der Waals surface area contributed by atoms with E-state index in [1.807, 2.05) is 7.05 Å². The Labute approximate surface area is 117 Å². The van der Waals surface area contributed by atoms with Gasteiger partial charge in [0.15, 0.2) is 0 Å². The molecule has 1 aliphatic rings. The van der Waals surface area contributed by atoms with Crippen molar-refractivity contribution in [3.63, 3.8) is 0 Å². The molecule has 4 heteroatoms. The molecule has 0 spiro atoms.